The minimum absolute atomic E-state index is 0.633. The van der Waals surface area contributed by atoms with Gasteiger partial charge in [0.05, 0.1) is 16.5 Å². The van der Waals surface area contributed by atoms with E-state index in [0.29, 0.717) is 5.71 Å². The van der Waals surface area contributed by atoms with Crippen LogP contribution < -0.4 is 4.57 Å². The average molecular weight is 419 g/mol. The number of aromatic nitrogens is 2. The molecule has 0 atom stereocenters. The molecule has 0 N–H and O–H groups in total. The van der Waals surface area contributed by atoms with E-state index in [1.165, 1.54) is 0 Å². The van der Waals surface area contributed by atoms with Crippen molar-refractivity contribution < 1.29 is 10.4 Å². The standard InChI is InChI=1S/C29H25N2O/c1-17(2)19-9-10-23-20(15-19)13-14-31(4)27(23)22-11-12-24-25-16-21-7-5-6-8-26(21)30-29(25)32-28(24)18(22)3/h5-17H,1-4H3/q+1/i17D. The Morgan fingerprint density at radius 3 is 2.56 bits per heavy atom. The van der Waals surface area contributed by atoms with Crippen molar-refractivity contribution in [2.24, 2.45) is 7.05 Å². The van der Waals surface area contributed by atoms with Crippen LogP contribution in [-0.2, 0) is 7.05 Å². The number of hydrogen-bond donors (Lipinski definition) is 0. The lowest BCUT2D eigenvalue weighted by atomic mass is 9.95. The summed E-state index contributed by atoms with van der Waals surface area (Å²) < 4.78 is 16.9. The molecule has 3 heteroatoms. The van der Waals surface area contributed by atoms with Crippen molar-refractivity contribution in [3.63, 3.8) is 0 Å². The summed E-state index contributed by atoms with van der Waals surface area (Å²) >= 11 is 0. The Hall–Kier alpha value is -3.72. The van der Waals surface area contributed by atoms with Crippen LogP contribution in [0, 0.1) is 6.92 Å². The minimum atomic E-state index is -0.633. The third-order valence-electron chi connectivity index (χ3n) is 6.55. The second-order valence-corrected chi connectivity index (χ2v) is 8.83. The molecule has 0 aliphatic carbocycles. The molecule has 0 saturated heterocycles. The first kappa shape index (κ1) is 17.9. The summed E-state index contributed by atoms with van der Waals surface area (Å²) in [5, 5.41) is 5.55. The van der Waals surface area contributed by atoms with E-state index in [2.05, 4.69) is 73.3 Å². The molecule has 0 bridgehead atoms. The predicted octanol–water partition coefficient (Wildman–Crippen LogP) is 7.21. The third kappa shape index (κ3) is 2.74. The molecular weight excluding hydrogens is 392 g/mol. The number of benzene rings is 3. The molecule has 32 heavy (non-hydrogen) atoms. The van der Waals surface area contributed by atoms with Crippen LogP contribution >= 0.6 is 0 Å². The van der Waals surface area contributed by atoms with E-state index in [-0.39, 0.29) is 0 Å². The highest BCUT2D eigenvalue weighted by atomic mass is 16.3. The minimum Gasteiger partial charge on any atom is -0.437 e. The Morgan fingerprint density at radius 2 is 1.72 bits per heavy atom. The molecular formula is C29H25N2O+. The summed E-state index contributed by atoms with van der Waals surface area (Å²) in [6, 6.07) is 23.1. The van der Waals surface area contributed by atoms with E-state index < -0.39 is 5.89 Å². The highest BCUT2D eigenvalue weighted by Gasteiger charge is 2.21. The number of nitrogens with zero attached hydrogens (tertiary/aromatic N) is 2. The Bertz CT molecular complexity index is 1720. The van der Waals surface area contributed by atoms with Crippen molar-refractivity contribution in [2.45, 2.75) is 26.7 Å². The topological polar surface area (TPSA) is 29.9 Å². The summed E-state index contributed by atoms with van der Waals surface area (Å²) in [7, 11) is 2.08. The SMILES string of the molecule is [2H]C(C)(C)c1ccc2c(-c3ccc4c(oc5nc6ccccc6cc54)c3C)[n+](C)ccc2c1. The van der Waals surface area contributed by atoms with Gasteiger partial charge in [0.2, 0.25) is 11.4 Å². The van der Waals surface area contributed by atoms with E-state index in [0.717, 1.165) is 60.4 Å². The second kappa shape index (κ2) is 6.89. The van der Waals surface area contributed by atoms with Gasteiger partial charge in [0.1, 0.15) is 12.6 Å². The molecule has 0 aliphatic rings. The maximum atomic E-state index is 8.42. The van der Waals surface area contributed by atoms with Crippen LogP contribution in [0.2, 0.25) is 0 Å². The third-order valence-corrected chi connectivity index (χ3v) is 6.55. The fraction of sp³-hybridized carbons (Fsp3) is 0.172. The summed E-state index contributed by atoms with van der Waals surface area (Å²) in [5.41, 5.74) is 6.88. The molecule has 6 aromatic rings. The summed E-state index contributed by atoms with van der Waals surface area (Å²) in [6.07, 6.45) is 2.09. The summed E-state index contributed by atoms with van der Waals surface area (Å²) in [6.45, 7) is 5.98. The van der Waals surface area contributed by atoms with Gasteiger partial charge in [-0.05, 0) is 54.1 Å². The van der Waals surface area contributed by atoms with E-state index in [1.807, 2.05) is 32.0 Å². The largest absolute Gasteiger partial charge is 0.437 e. The van der Waals surface area contributed by atoms with Crippen molar-refractivity contribution in [3.05, 3.63) is 84.1 Å². The van der Waals surface area contributed by atoms with Crippen LogP contribution in [0.25, 0.3) is 55.0 Å². The van der Waals surface area contributed by atoms with E-state index in [9.17, 15) is 0 Å². The van der Waals surface area contributed by atoms with Crippen LogP contribution in [0.1, 0.15) is 32.2 Å². The first-order valence-electron chi connectivity index (χ1n) is 11.5. The van der Waals surface area contributed by atoms with Gasteiger partial charge in [-0.25, -0.2) is 9.55 Å². The molecule has 156 valence electrons. The van der Waals surface area contributed by atoms with Crippen molar-refractivity contribution in [3.8, 4) is 11.3 Å². The monoisotopic (exact) mass is 418 g/mol. The molecule has 0 amide bonds. The maximum Gasteiger partial charge on any atom is 0.227 e. The number of rotatable bonds is 2. The highest BCUT2D eigenvalue weighted by molar-refractivity contribution is 6.10. The van der Waals surface area contributed by atoms with E-state index in [1.54, 1.807) is 0 Å². The van der Waals surface area contributed by atoms with E-state index >= 15 is 0 Å². The zero-order valence-corrected chi connectivity index (χ0v) is 18.7. The van der Waals surface area contributed by atoms with Gasteiger partial charge in [-0.1, -0.05) is 44.2 Å². The molecule has 0 radical (unpaired) electrons. The van der Waals surface area contributed by atoms with Crippen molar-refractivity contribution >= 4 is 43.7 Å². The van der Waals surface area contributed by atoms with Gasteiger partial charge in [0.15, 0.2) is 6.20 Å². The van der Waals surface area contributed by atoms with E-state index in [4.69, 9.17) is 10.8 Å². The van der Waals surface area contributed by atoms with Gasteiger partial charge in [-0.3, -0.25) is 0 Å². The molecule has 3 nitrogen and oxygen atoms in total. The van der Waals surface area contributed by atoms with Crippen LogP contribution in [0.5, 0.6) is 0 Å². The zero-order valence-electron chi connectivity index (χ0n) is 19.7. The van der Waals surface area contributed by atoms with Gasteiger partial charge in [0, 0.05) is 29.2 Å². The first-order valence-corrected chi connectivity index (χ1v) is 11.0. The van der Waals surface area contributed by atoms with Gasteiger partial charge in [0.25, 0.3) is 0 Å². The molecule has 3 aromatic heterocycles. The maximum absolute atomic E-state index is 8.42. The Labute approximate surface area is 188 Å². The number of aryl methyl sites for hydroxylation is 2. The van der Waals surface area contributed by atoms with Crippen LogP contribution in [0.4, 0.5) is 0 Å². The van der Waals surface area contributed by atoms with Crippen molar-refractivity contribution in [2.75, 3.05) is 0 Å². The van der Waals surface area contributed by atoms with Gasteiger partial charge < -0.3 is 4.42 Å². The lowest BCUT2D eigenvalue weighted by Gasteiger charge is -2.11. The van der Waals surface area contributed by atoms with Gasteiger partial charge >= 0.3 is 0 Å². The van der Waals surface area contributed by atoms with Crippen LogP contribution in [0.3, 0.4) is 0 Å². The lowest BCUT2D eigenvalue weighted by Crippen LogP contribution is -2.30. The summed E-state index contributed by atoms with van der Waals surface area (Å²) in [4.78, 5) is 4.77. The fourth-order valence-electron chi connectivity index (χ4n) is 4.78. The number of pyridine rings is 2. The Kier molecular flexibility index (Phi) is 3.86. The first-order chi connectivity index (χ1) is 15.8. The summed E-state index contributed by atoms with van der Waals surface area (Å²) in [5.74, 6) is -0.633. The second-order valence-electron chi connectivity index (χ2n) is 8.83. The normalized spacial score (nSPS) is 12.8. The molecule has 3 aromatic carbocycles. The smallest absolute Gasteiger partial charge is 0.227 e. The fourth-order valence-corrected chi connectivity index (χ4v) is 4.78. The molecule has 0 aliphatic heterocycles. The molecule has 6 rings (SSSR count). The molecule has 0 spiro atoms. The molecule has 3 heterocycles. The lowest BCUT2D eigenvalue weighted by molar-refractivity contribution is -0.659. The average Bonchev–Trinajstić information content (AvgIpc) is 3.16. The van der Waals surface area contributed by atoms with Gasteiger partial charge in [-0.15, -0.1) is 0 Å². The van der Waals surface area contributed by atoms with Crippen molar-refractivity contribution in [1.29, 1.82) is 0 Å². The molecule has 0 fully saturated rings. The van der Waals surface area contributed by atoms with Gasteiger partial charge in [-0.2, -0.15) is 0 Å². The number of fused-ring (bicyclic) bond motifs is 5. The van der Waals surface area contributed by atoms with Crippen molar-refractivity contribution in [1.82, 2.24) is 4.98 Å². The Morgan fingerprint density at radius 1 is 0.906 bits per heavy atom. The van der Waals surface area contributed by atoms with Crippen LogP contribution in [0.15, 0.2) is 77.3 Å². The quantitative estimate of drug-likeness (QED) is 0.278. The Balaban J connectivity index is 1.62. The highest BCUT2D eigenvalue weighted by Crippen LogP contribution is 2.37. The molecule has 0 saturated carbocycles. The predicted molar refractivity (Wildman–Crippen MR) is 132 cm³/mol. The number of furan rings is 1. The number of hydrogen-bond acceptors (Lipinski definition) is 2. The number of para-hydroxylation sites is 1. The molecule has 0 unspecified atom stereocenters. The van der Waals surface area contributed by atoms with Crippen LogP contribution in [-0.4, -0.2) is 4.98 Å². The zero-order chi connectivity index (χ0) is 22.9.